The summed E-state index contributed by atoms with van der Waals surface area (Å²) in [5, 5.41) is 7.13. The smallest absolute Gasteiger partial charge is 0.257 e. The molecule has 0 unspecified atom stereocenters. The minimum Gasteiger partial charge on any atom is -0.385 e. The lowest BCUT2D eigenvalue weighted by Gasteiger charge is -2.13. The van der Waals surface area contributed by atoms with Crippen LogP contribution < -0.4 is 10.6 Å². The third-order valence-corrected chi connectivity index (χ3v) is 6.38. The summed E-state index contributed by atoms with van der Waals surface area (Å²) >= 11 is 13.6. The molecule has 150 valence electrons. The van der Waals surface area contributed by atoms with Crippen LogP contribution in [0.2, 0.25) is 10.0 Å². The highest BCUT2D eigenvalue weighted by atomic mass is 35.5. The number of carbonyl (C=O) groups is 2. The van der Waals surface area contributed by atoms with E-state index in [0.29, 0.717) is 33.8 Å². The molecule has 2 amide bonds. The van der Waals surface area contributed by atoms with Gasteiger partial charge < -0.3 is 15.4 Å². The lowest BCUT2D eigenvalue weighted by molar-refractivity contribution is 0.0948. The summed E-state index contributed by atoms with van der Waals surface area (Å²) in [6.07, 6.45) is 4.64. The molecule has 1 heterocycles. The molecule has 0 fully saturated rings. The molecule has 28 heavy (non-hydrogen) atoms. The van der Waals surface area contributed by atoms with Crippen LogP contribution in [-0.2, 0) is 17.6 Å². The Morgan fingerprint density at radius 2 is 1.96 bits per heavy atom. The summed E-state index contributed by atoms with van der Waals surface area (Å²) < 4.78 is 5.02. The zero-order valence-corrected chi connectivity index (χ0v) is 17.9. The van der Waals surface area contributed by atoms with Gasteiger partial charge in [0.05, 0.1) is 16.1 Å². The van der Waals surface area contributed by atoms with Crippen LogP contribution in [0.1, 0.15) is 50.4 Å². The lowest BCUT2D eigenvalue weighted by Crippen LogP contribution is -2.27. The molecule has 2 aromatic rings. The van der Waals surface area contributed by atoms with Gasteiger partial charge in [0.1, 0.15) is 5.00 Å². The number of halogens is 2. The summed E-state index contributed by atoms with van der Waals surface area (Å²) in [6, 6.07) is 4.74. The van der Waals surface area contributed by atoms with Gasteiger partial charge in [0.2, 0.25) is 0 Å². The van der Waals surface area contributed by atoms with E-state index in [1.165, 1.54) is 22.3 Å². The van der Waals surface area contributed by atoms with E-state index in [0.717, 1.165) is 37.7 Å². The minimum absolute atomic E-state index is 0.164. The van der Waals surface area contributed by atoms with Gasteiger partial charge in [-0.3, -0.25) is 9.59 Å². The van der Waals surface area contributed by atoms with Crippen molar-refractivity contribution in [3.63, 3.8) is 0 Å². The van der Waals surface area contributed by atoms with Crippen molar-refractivity contribution < 1.29 is 14.3 Å². The maximum atomic E-state index is 12.9. The fourth-order valence-electron chi connectivity index (χ4n) is 3.24. The Morgan fingerprint density at radius 3 is 2.75 bits per heavy atom. The number of carbonyl (C=O) groups excluding carboxylic acids is 2. The van der Waals surface area contributed by atoms with Crippen LogP contribution in [0.3, 0.4) is 0 Å². The van der Waals surface area contributed by atoms with Crippen molar-refractivity contribution in [3.8, 4) is 0 Å². The summed E-state index contributed by atoms with van der Waals surface area (Å²) in [4.78, 5) is 26.8. The first-order chi connectivity index (χ1) is 13.5. The van der Waals surface area contributed by atoms with Crippen molar-refractivity contribution in [1.29, 1.82) is 0 Å². The molecule has 5 nitrogen and oxygen atoms in total. The Balaban J connectivity index is 1.85. The van der Waals surface area contributed by atoms with Crippen molar-refractivity contribution in [3.05, 3.63) is 49.8 Å². The van der Waals surface area contributed by atoms with Crippen molar-refractivity contribution in [1.82, 2.24) is 5.32 Å². The van der Waals surface area contributed by atoms with Crippen LogP contribution in [-0.4, -0.2) is 32.1 Å². The molecular formula is C20H22Cl2N2O3S. The van der Waals surface area contributed by atoms with Gasteiger partial charge in [-0.15, -0.1) is 11.3 Å². The highest BCUT2D eigenvalue weighted by Crippen LogP contribution is 2.38. The van der Waals surface area contributed by atoms with Gasteiger partial charge in [0.15, 0.2) is 0 Å². The Kier molecular flexibility index (Phi) is 7.35. The Morgan fingerprint density at radius 1 is 1.18 bits per heavy atom. The van der Waals surface area contributed by atoms with E-state index in [1.54, 1.807) is 19.2 Å². The zero-order chi connectivity index (χ0) is 20.1. The van der Waals surface area contributed by atoms with Gasteiger partial charge in [-0.2, -0.15) is 0 Å². The normalized spacial score (nSPS) is 13.1. The third kappa shape index (κ3) is 4.87. The van der Waals surface area contributed by atoms with Gasteiger partial charge in [0.25, 0.3) is 11.8 Å². The van der Waals surface area contributed by atoms with Crippen LogP contribution in [0.5, 0.6) is 0 Å². The topological polar surface area (TPSA) is 67.4 Å². The number of methoxy groups -OCH3 is 1. The molecule has 2 N–H and O–H groups in total. The number of hydrogen-bond donors (Lipinski definition) is 2. The minimum atomic E-state index is -0.375. The first-order valence-corrected chi connectivity index (χ1v) is 10.8. The van der Waals surface area contributed by atoms with E-state index in [2.05, 4.69) is 10.6 Å². The molecular weight excluding hydrogens is 419 g/mol. The summed E-state index contributed by atoms with van der Waals surface area (Å²) in [7, 11) is 1.63. The number of fused-ring (bicyclic) bond motifs is 1. The molecule has 0 saturated heterocycles. The molecule has 1 aliphatic rings. The van der Waals surface area contributed by atoms with Crippen LogP contribution in [0.4, 0.5) is 5.00 Å². The van der Waals surface area contributed by atoms with E-state index in [4.69, 9.17) is 27.9 Å². The number of hydrogen-bond acceptors (Lipinski definition) is 4. The van der Waals surface area contributed by atoms with Gasteiger partial charge >= 0.3 is 0 Å². The number of thiophene rings is 1. The van der Waals surface area contributed by atoms with Gasteiger partial charge in [0, 0.05) is 30.2 Å². The Bertz CT molecular complexity index is 883. The quantitative estimate of drug-likeness (QED) is 0.598. The standard InChI is InChI=1S/C20H22Cl2N2O3S/c1-27-10-4-9-23-19(26)17-13-5-2-3-6-16(13)28-20(17)24-18(25)14-11-12(21)7-8-15(14)22/h7-8,11H,2-6,9-10H2,1H3,(H,23,26)(H,24,25). The van der Waals surface area contributed by atoms with Crippen molar-refractivity contribution in [2.45, 2.75) is 32.1 Å². The predicted octanol–water partition coefficient (Wildman–Crippen LogP) is 4.95. The second-order valence-corrected chi connectivity index (χ2v) is 8.54. The number of benzene rings is 1. The SMILES string of the molecule is COCCCNC(=O)c1c(NC(=O)c2cc(Cl)ccc2Cl)sc2c1CCCC2. The number of anilines is 1. The van der Waals surface area contributed by atoms with E-state index in [9.17, 15) is 9.59 Å². The van der Waals surface area contributed by atoms with E-state index in [1.807, 2.05) is 0 Å². The van der Waals surface area contributed by atoms with Crippen LogP contribution >= 0.6 is 34.5 Å². The summed E-state index contributed by atoms with van der Waals surface area (Å²) in [6.45, 7) is 1.10. The number of aryl methyl sites for hydroxylation is 1. The highest BCUT2D eigenvalue weighted by molar-refractivity contribution is 7.17. The van der Waals surface area contributed by atoms with Crippen molar-refractivity contribution in [2.24, 2.45) is 0 Å². The largest absolute Gasteiger partial charge is 0.385 e. The molecule has 0 aliphatic heterocycles. The molecule has 1 aromatic carbocycles. The molecule has 0 saturated carbocycles. The predicted molar refractivity (Wildman–Crippen MR) is 114 cm³/mol. The van der Waals surface area contributed by atoms with Crippen LogP contribution in [0, 0.1) is 0 Å². The summed E-state index contributed by atoms with van der Waals surface area (Å²) in [5.41, 5.74) is 1.91. The molecule has 0 spiro atoms. The Labute approximate surface area is 178 Å². The lowest BCUT2D eigenvalue weighted by atomic mass is 9.95. The van der Waals surface area contributed by atoms with E-state index < -0.39 is 0 Å². The van der Waals surface area contributed by atoms with Crippen molar-refractivity contribution in [2.75, 3.05) is 25.6 Å². The van der Waals surface area contributed by atoms with Crippen molar-refractivity contribution >= 4 is 51.4 Å². The van der Waals surface area contributed by atoms with E-state index >= 15 is 0 Å². The summed E-state index contributed by atoms with van der Waals surface area (Å²) in [5.74, 6) is -0.539. The molecule has 0 radical (unpaired) electrons. The number of nitrogens with one attached hydrogen (secondary N) is 2. The first-order valence-electron chi connectivity index (χ1n) is 9.19. The maximum absolute atomic E-state index is 12.9. The van der Waals surface area contributed by atoms with Gasteiger partial charge in [-0.05, 0) is 55.9 Å². The zero-order valence-electron chi connectivity index (χ0n) is 15.6. The van der Waals surface area contributed by atoms with Crippen LogP contribution in [0.25, 0.3) is 0 Å². The molecule has 1 aromatic heterocycles. The first kappa shape index (κ1) is 21.1. The van der Waals surface area contributed by atoms with Gasteiger partial charge in [-0.1, -0.05) is 23.2 Å². The monoisotopic (exact) mass is 440 g/mol. The third-order valence-electron chi connectivity index (χ3n) is 4.61. The maximum Gasteiger partial charge on any atom is 0.257 e. The fraction of sp³-hybridized carbons (Fsp3) is 0.400. The molecule has 0 atom stereocenters. The molecule has 8 heteroatoms. The average molecular weight is 441 g/mol. The number of amides is 2. The molecule has 3 rings (SSSR count). The Hall–Kier alpha value is -1.60. The molecule has 1 aliphatic carbocycles. The second-order valence-electron chi connectivity index (χ2n) is 6.60. The van der Waals surface area contributed by atoms with E-state index in [-0.39, 0.29) is 17.4 Å². The van der Waals surface area contributed by atoms with Crippen LogP contribution in [0.15, 0.2) is 18.2 Å². The highest BCUT2D eigenvalue weighted by Gasteiger charge is 2.26. The second kappa shape index (κ2) is 9.74. The fourth-order valence-corrected chi connectivity index (χ4v) is 4.90. The number of rotatable bonds is 7. The van der Waals surface area contributed by atoms with Gasteiger partial charge in [-0.25, -0.2) is 0 Å². The molecule has 0 bridgehead atoms. The number of ether oxygens (including phenoxy) is 1. The average Bonchev–Trinajstić information content (AvgIpc) is 3.04.